The van der Waals surface area contributed by atoms with Gasteiger partial charge >= 0.3 is 0 Å². The molecule has 23 heavy (non-hydrogen) atoms. The van der Waals surface area contributed by atoms with Gasteiger partial charge in [-0.3, -0.25) is 4.79 Å². The Kier molecular flexibility index (Phi) is 3.08. The van der Waals surface area contributed by atoms with Crippen LogP contribution in [0.5, 0.6) is 11.5 Å². The topological polar surface area (TPSA) is 65.7 Å². The molecule has 0 saturated heterocycles. The van der Waals surface area contributed by atoms with E-state index in [9.17, 15) is 4.79 Å². The Bertz CT molecular complexity index is 992. The number of hydrogen-bond donors (Lipinski definition) is 0. The number of ether oxygens (including phenoxy) is 2. The lowest BCUT2D eigenvalue weighted by atomic mass is 10.2. The van der Waals surface area contributed by atoms with Gasteiger partial charge in [0.1, 0.15) is 5.82 Å². The van der Waals surface area contributed by atoms with Crippen molar-refractivity contribution in [2.45, 2.75) is 6.92 Å². The fraction of sp³-hybridized carbons (Fsp3) is 0.118. The molecule has 1 aliphatic heterocycles. The van der Waals surface area contributed by atoms with Gasteiger partial charge in [0, 0.05) is 0 Å². The number of fused-ring (bicyclic) bond motifs is 2. The first-order chi connectivity index (χ1) is 11.2. The molecule has 0 spiro atoms. The van der Waals surface area contributed by atoms with Crippen molar-refractivity contribution in [3.8, 4) is 11.5 Å². The zero-order valence-corrected chi connectivity index (χ0v) is 12.4. The molecule has 1 aliphatic rings. The van der Waals surface area contributed by atoms with Gasteiger partial charge in [0.15, 0.2) is 11.5 Å². The summed E-state index contributed by atoms with van der Waals surface area (Å²) in [5.74, 6) is 1.92. The molecule has 0 atom stereocenters. The van der Waals surface area contributed by atoms with Crippen molar-refractivity contribution in [2.75, 3.05) is 6.79 Å². The molecule has 0 fully saturated rings. The fourth-order valence-electron chi connectivity index (χ4n) is 2.49. The fourth-order valence-corrected chi connectivity index (χ4v) is 2.49. The van der Waals surface area contributed by atoms with Gasteiger partial charge in [-0.15, -0.1) is 0 Å². The van der Waals surface area contributed by atoms with Gasteiger partial charge in [0.25, 0.3) is 5.56 Å². The van der Waals surface area contributed by atoms with E-state index in [1.54, 1.807) is 19.2 Å². The first-order valence-electron chi connectivity index (χ1n) is 7.15. The van der Waals surface area contributed by atoms with Crippen LogP contribution in [0.4, 0.5) is 0 Å². The Morgan fingerprint density at radius 3 is 2.91 bits per heavy atom. The second kappa shape index (κ2) is 5.24. The third-order valence-corrected chi connectivity index (χ3v) is 3.63. The quantitative estimate of drug-likeness (QED) is 0.682. The van der Waals surface area contributed by atoms with Gasteiger partial charge in [0.2, 0.25) is 6.79 Å². The van der Waals surface area contributed by atoms with E-state index < -0.39 is 0 Å². The largest absolute Gasteiger partial charge is 0.454 e. The molecule has 3 aromatic rings. The molecule has 2 aromatic carbocycles. The predicted octanol–water partition coefficient (Wildman–Crippen LogP) is 2.32. The van der Waals surface area contributed by atoms with Crippen molar-refractivity contribution >= 4 is 17.1 Å². The second-order valence-corrected chi connectivity index (χ2v) is 5.15. The molecule has 0 bridgehead atoms. The normalized spacial score (nSPS) is 13.1. The first-order valence-corrected chi connectivity index (χ1v) is 7.15. The van der Waals surface area contributed by atoms with Crippen LogP contribution >= 0.6 is 0 Å². The smallest absolute Gasteiger partial charge is 0.282 e. The lowest BCUT2D eigenvalue weighted by Crippen LogP contribution is -2.20. The number of nitrogens with zero attached hydrogens (tertiary/aromatic N) is 3. The van der Waals surface area contributed by atoms with E-state index >= 15 is 0 Å². The Morgan fingerprint density at radius 2 is 2.00 bits per heavy atom. The molecule has 0 radical (unpaired) electrons. The van der Waals surface area contributed by atoms with E-state index in [2.05, 4.69) is 10.1 Å². The van der Waals surface area contributed by atoms with Crippen LogP contribution in [0.15, 0.2) is 52.4 Å². The van der Waals surface area contributed by atoms with Crippen LogP contribution < -0.4 is 15.0 Å². The number of rotatable bonds is 2. The minimum atomic E-state index is -0.190. The summed E-state index contributed by atoms with van der Waals surface area (Å²) in [7, 11) is 0. The second-order valence-electron chi connectivity index (χ2n) is 5.15. The molecule has 0 aliphatic carbocycles. The van der Waals surface area contributed by atoms with Crippen LogP contribution in [0, 0.1) is 6.92 Å². The molecule has 1 aromatic heterocycles. The third kappa shape index (κ3) is 2.34. The lowest BCUT2D eigenvalue weighted by molar-refractivity contribution is 0.174. The van der Waals surface area contributed by atoms with Gasteiger partial charge in [-0.05, 0) is 42.8 Å². The third-order valence-electron chi connectivity index (χ3n) is 3.63. The standard InChI is InChI=1S/C17H13N3O3/c1-11-19-14-5-3-2-4-13(14)17(21)20(11)18-9-12-6-7-15-16(8-12)23-10-22-15/h2-9H,10H2,1H3/b18-9+. The minimum absolute atomic E-state index is 0.190. The first kappa shape index (κ1) is 13.5. The van der Waals surface area contributed by atoms with E-state index in [-0.39, 0.29) is 12.4 Å². The van der Waals surface area contributed by atoms with Crippen LogP contribution in [0.2, 0.25) is 0 Å². The summed E-state index contributed by atoms with van der Waals surface area (Å²) in [5.41, 5.74) is 1.29. The molecule has 4 rings (SSSR count). The van der Waals surface area contributed by atoms with E-state index in [0.29, 0.717) is 28.2 Å². The van der Waals surface area contributed by atoms with Crippen LogP contribution in [0.25, 0.3) is 10.9 Å². The zero-order chi connectivity index (χ0) is 15.8. The van der Waals surface area contributed by atoms with Crippen molar-refractivity contribution in [3.63, 3.8) is 0 Å². The number of para-hydroxylation sites is 1. The predicted molar refractivity (Wildman–Crippen MR) is 86.3 cm³/mol. The average molecular weight is 307 g/mol. The lowest BCUT2D eigenvalue weighted by Gasteiger charge is -2.05. The number of aryl methyl sites for hydroxylation is 1. The summed E-state index contributed by atoms with van der Waals surface area (Å²) in [6.07, 6.45) is 1.60. The number of hydrogen-bond acceptors (Lipinski definition) is 5. The maximum absolute atomic E-state index is 12.5. The van der Waals surface area contributed by atoms with E-state index in [1.807, 2.05) is 36.4 Å². The van der Waals surface area contributed by atoms with Crippen LogP contribution in [0.3, 0.4) is 0 Å². The maximum atomic E-state index is 12.5. The van der Waals surface area contributed by atoms with E-state index in [1.165, 1.54) is 4.68 Å². The zero-order valence-electron chi connectivity index (χ0n) is 12.4. The van der Waals surface area contributed by atoms with Crippen LogP contribution in [-0.2, 0) is 0 Å². The summed E-state index contributed by atoms with van der Waals surface area (Å²) >= 11 is 0. The highest BCUT2D eigenvalue weighted by Gasteiger charge is 2.12. The SMILES string of the molecule is Cc1nc2ccccc2c(=O)n1/N=C/c1ccc2c(c1)OCO2. The monoisotopic (exact) mass is 307 g/mol. The molecule has 6 heteroatoms. The van der Waals surface area contributed by atoms with Crippen molar-refractivity contribution in [2.24, 2.45) is 5.10 Å². The Balaban J connectivity index is 1.76. The van der Waals surface area contributed by atoms with Gasteiger partial charge in [0.05, 0.1) is 17.1 Å². The molecule has 0 saturated carbocycles. The summed E-state index contributed by atoms with van der Waals surface area (Å²) in [6.45, 7) is 1.98. The molecule has 0 unspecified atom stereocenters. The summed E-state index contributed by atoms with van der Waals surface area (Å²) < 4.78 is 11.9. The summed E-state index contributed by atoms with van der Waals surface area (Å²) in [5, 5.41) is 4.81. The van der Waals surface area contributed by atoms with Crippen molar-refractivity contribution in [1.29, 1.82) is 0 Å². The van der Waals surface area contributed by atoms with Crippen molar-refractivity contribution in [1.82, 2.24) is 9.66 Å². The van der Waals surface area contributed by atoms with Crippen molar-refractivity contribution in [3.05, 3.63) is 64.2 Å². The van der Waals surface area contributed by atoms with Gasteiger partial charge in [-0.25, -0.2) is 4.98 Å². The highest BCUT2D eigenvalue weighted by Crippen LogP contribution is 2.31. The average Bonchev–Trinajstić information content (AvgIpc) is 3.02. The Labute approximate surface area is 131 Å². The molecule has 0 amide bonds. The van der Waals surface area contributed by atoms with E-state index in [0.717, 1.165) is 5.56 Å². The molecular weight excluding hydrogens is 294 g/mol. The Morgan fingerprint density at radius 1 is 1.17 bits per heavy atom. The van der Waals surface area contributed by atoms with Crippen LogP contribution in [0.1, 0.15) is 11.4 Å². The highest BCUT2D eigenvalue weighted by molar-refractivity contribution is 5.81. The highest BCUT2D eigenvalue weighted by atomic mass is 16.7. The molecule has 6 nitrogen and oxygen atoms in total. The van der Waals surface area contributed by atoms with Gasteiger partial charge in [-0.2, -0.15) is 9.78 Å². The molecule has 0 N–H and O–H groups in total. The number of aromatic nitrogens is 2. The molecule has 114 valence electrons. The summed E-state index contributed by atoms with van der Waals surface area (Å²) in [6, 6.07) is 12.7. The van der Waals surface area contributed by atoms with Gasteiger partial charge < -0.3 is 9.47 Å². The minimum Gasteiger partial charge on any atom is -0.454 e. The molecular formula is C17H13N3O3. The van der Waals surface area contributed by atoms with E-state index in [4.69, 9.17) is 9.47 Å². The van der Waals surface area contributed by atoms with Crippen LogP contribution in [-0.4, -0.2) is 22.7 Å². The van der Waals surface area contributed by atoms with Crippen molar-refractivity contribution < 1.29 is 9.47 Å². The van der Waals surface area contributed by atoms with Gasteiger partial charge in [-0.1, -0.05) is 12.1 Å². The summed E-state index contributed by atoms with van der Waals surface area (Å²) in [4.78, 5) is 16.9. The Hall–Kier alpha value is -3.15. The maximum Gasteiger partial charge on any atom is 0.282 e. The molecule has 2 heterocycles. The number of benzene rings is 2.